The Hall–Kier alpha value is -3.49. The second kappa shape index (κ2) is 15.5. The van der Waals surface area contributed by atoms with Gasteiger partial charge < -0.3 is 30.5 Å². The number of esters is 1. The number of carbonyl (C=O) groups is 3. The van der Waals surface area contributed by atoms with Gasteiger partial charge in [0.2, 0.25) is 5.91 Å². The lowest BCUT2D eigenvalue weighted by Crippen LogP contribution is -2.39. The lowest BCUT2D eigenvalue weighted by Gasteiger charge is -2.22. The molecule has 4 N–H and O–H groups in total. The van der Waals surface area contributed by atoms with Gasteiger partial charge in [-0.3, -0.25) is 14.4 Å². The Labute approximate surface area is 213 Å². The van der Waals surface area contributed by atoms with E-state index < -0.39 is 0 Å². The quantitative estimate of drug-likeness (QED) is 0.159. The fourth-order valence-corrected chi connectivity index (χ4v) is 3.87. The molecule has 0 saturated carbocycles. The summed E-state index contributed by atoms with van der Waals surface area (Å²) in [6, 6.07) is 6.69. The van der Waals surface area contributed by atoms with Crippen molar-refractivity contribution in [2.45, 2.75) is 77.7 Å². The van der Waals surface area contributed by atoms with E-state index in [0.29, 0.717) is 30.2 Å². The van der Waals surface area contributed by atoms with Crippen LogP contribution in [-0.2, 0) is 19.1 Å². The number of unbranched alkanes of at least 4 members (excludes halogenated alkanes) is 7. The van der Waals surface area contributed by atoms with Crippen LogP contribution in [0.4, 0.5) is 5.69 Å². The van der Waals surface area contributed by atoms with Crippen molar-refractivity contribution in [2.75, 3.05) is 19.0 Å². The average molecular weight is 502 g/mol. The number of aliphatic hydroxyl groups is 1. The smallest absolute Gasteiger partial charge is 0.311 e. The van der Waals surface area contributed by atoms with Crippen molar-refractivity contribution in [3.63, 3.8) is 0 Å². The van der Waals surface area contributed by atoms with Crippen LogP contribution in [0.3, 0.4) is 0 Å². The van der Waals surface area contributed by atoms with Crippen LogP contribution in [0.5, 0.6) is 5.75 Å². The predicted molar refractivity (Wildman–Crippen MR) is 138 cm³/mol. The van der Waals surface area contributed by atoms with E-state index in [2.05, 4.69) is 16.0 Å². The Kier molecular flexibility index (Phi) is 12.4. The summed E-state index contributed by atoms with van der Waals surface area (Å²) in [5.74, 6) is -0.216. The number of hydrogen-bond acceptors (Lipinski definition) is 7. The van der Waals surface area contributed by atoms with Crippen LogP contribution in [-0.4, -0.2) is 42.6 Å². The molecule has 1 atom stereocenters. The lowest BCUT2D eigenvalue weighted by molar-refractivity contribution is -0.134. The number of amides is 2. The highest BCUT2D eigenvalue weighted by atomic mass is 16.5. The van der Waals surface area contributed by atoms with Gasteiger partial charge in [-0.25, -0.2) is 0 Å². The van der Waals surface area contributed by atoms with Gasteiger partial charge in [-0.2, -0.15) is 0 Å². The van der Waals surface area contributed by atoms with Gasteiger partial charge in [-0.05, 0) is 38.0 Å². The first-order valence-electron chi connectivity index (χ1n) is 12.6. The van der Waals surface area contributed by atoms with E-state index in [1.165, 1.54) is 14.0 Å². The Balaban J connectivity index is 1.48. The summed E-state index contributed by atoms with van der Waals surface area (Å²) in [5, 5.41) is 18.6. The summed E-state index contributed by atoms with van der Waals surface area (Å²) in [6.45, 7) is 3.85. The van der Waals surface area contributed by atoms with Crippen molar-refractivity contribution in [1.82, 2.24) is 10.6 Å². The van der Waals surface area contributed by atoms with E-state index in [-0.39, 0.29) is 35.3 Å². The van der Waals surface area contributed by atoms with Gasteiger partial charge in [0.15, 0.2) is 11.5 Å². The molecule has 9 heteroatoms. The Morgan fingerprint density at radius 3 is 2.36 bits per heavy atom. The molecule has 0 radical (unpaired) electrons. The van der Waals surface area contributed by atoms with E-state index in [1.807, 2.05) is 6.92 Å². The number of ether oxygens (including phenoxy) is 2. The summed E-state index contributed by atoms with van der Waals surface area (Å²) in [7, 11) is 1.46. The minimum Gasteiger partial charge on any atom is -0.503 e. The van der Waals surface area contributed by atoms with Crippen molar-refractivity contribution in [3.8, 4) is 5.75 Å². The highest BCUT2D eigenvalue weighted by molar-refractivity contribution is 5.94. The molecule has 1 aliphatic heterocycles. The van der Waals surface area contributed by atoms with E-state index in [9.17, 15) is 19.5 Å². The summed E-state index contributed by atoms with van der Waals surface area (Å²) >= 11 is 0. The van der Waals surface area contributed by atoms with Gasteiger partial charge in [-0.15, -0.1) is 0 Å². The third-order valence-electron chi connectivity index (χ3n) is 5.67. The largest absolute Gasteiger partial charge is 0.503 e. The van der Waals surface area contributed by atoms with Gasteiger partial charge in [-0.1, -0.05) is 44.6 Å². The molecule has 1 aromatic rings. The highest BCUT2D eigenvalue weighted by Gasteiger charge is 2.24. The molecule has 0 bridgehead atoms. The van der Waals surface area contributed by atoms with Crippen LogP contribution in [0.2, 0.25) is 0 Å². The molecule has 1 aromatic carbocycles. The van der Waals surface area contributed by atoms with E-state index >= 15 is 0 Å². The first kappa shape index (κ1) is 28.7. The third-order valence-corrected chi connectivity index (χ3v) is 5.67. The predicted octanol–water partition coefficient (Wildman–Crippen LogP) is 4.47. The van der Waals surface area contributed by atoms with Crippen LogP contribution >= 0.6 is 0 Å². The van der Waals surface area contributed by atoms with Crippen molar-refractivity contribution >= 4 is 23.5 Å². The molecule has 2 rings (SSSR count). The van der Waals surface area contributed by atoms with Crippen LogP contribution in [0.1, 0.15) is 71.6 Å². The zero-order valence-corrected chi connectivity index (χ0v) is 21.5. The van der Waals surface area contributed by atoms with Crippen molar-refractivity contribution < 1.29 is 29.0 Å². The fraction of sp³-hybridized carbons (Fsp3) is 0.519. The number of rotatable bonds is 15. The zero-order valence-electron chi connectivity index (χ0n) is 21.5. The minimum absolute atomic E-state index is 0.101. The molecule has 1 unspecified atom stereocenters. The monoisotopic (exact) mass is 501 g/mol. The molecule has 0 saturated heterocycles. The van der Waals surface area contributed by atoms with Gasteiger partial charge >= 0.3 is 5.97 Å². The second-order valence-electron chi connectivity index (χ2n) is 8.91. The maximum atomic E-state index is 12.3. The number of dihydropyridines is 1. The van der Waals surface area contributed by atoms with Gasteiger partial charge in [0.25, 0.3) is 5.91 Å². The topological polar surface area (TPSA) is 126 Å². The van der Waals surface area contributed by atoms with E-state index in [4.69, 9.17) is 9.47 Å². The molecule has 0 spiro atoms. The number of anilines is 1. The second-order valence-corrected chi connectivity index (χ2v) is 8.91. The van der Waals surface area contributed by atoms with Gasteiger partial charge in [0.05, 0.1) is 7.11 Å². The Morgan fingerprint density at radius 2 is 1.69 bits per heavy atom. The van der Waals surface area contributed by atoms with Crippen LogP contribution in [0, 0.1) is 0 Å². The van der Waals surface area contributed by atoms with Crippen LogP contribution < -0.4 is 20.7 Å². The van der Waals surface area contributed by atoms with Crippen molar-refractivity contribution in [1.29, 1.82) is 0 Å². The Morgan fingerprint density at radius 1 is 1.03 bits per heavy atom. The number of aliphatic hydroxyl groups excluding tert-OH is 1. The molecule has 36 heavy (non-hydrogen) atoms. The molecule has 0 aromatic heterocycles. The highest BCUT2D eigenvalue weighted by Crippen LogP contribution is 2.19. The number of carbonyl (C=O) groups excluding carboxylic acids is 3. The van der Waals surface area contributed by atoms with Gasteiger partial charge in [0, 0.05) is 37.7 Å². The summed E-state index contributed by atoms with van der Waals surface area (Å²) in [6.07, 6.45) is 10.1. The first-order valence-corrected chi connectivity index (χ1v) is 12.6. The van der Waals surface area contributed by atoms with E-state index in [1.54, 1.807) is 30.3 Å². The molecule has 2 amide bonds. The summed E-state index contributed by atoms with van der Waals surface area (Å²) < 4.78 is 10.5. The van der Waals surface area contributed by atoms with Crippen LogP contribution in [0.25, 0.3) is 0 Å². The maximum absolute atomic E-state index is 12.3. The minimum atomic E-state index is -0.332. The molecule has 0 aliphatic carbocycles. The molecule has 198 valence electrons. The summed E-state index contributed by atoms with van der Waals surface area (Å²) in [4.78, 5) is 35.5. The molecule has 1 heterocycles. The Bertz CT molecular complexity index is 957. The lowest BCUT2D eigenvalue weighted by atomic mass is 10.1. The summed E-state index contributed by atoms with van der Waals surface area (Å²) in [5.41, 5.74) is 0.741. The molecular formula is C27H39N3O6. The standard InChI is InChI=1S/C27H39N3O6/c1-19-17-23(35-3)26(33)25(29-19)27(34)28-16-11-9-7-5-4-6-8-10-15-24(32)36-22-14-12-13-21(18-22)30-20(2)31/h12-14,17-19,29,33H,4-11,15-16H2,1-3H3,(H,28,34)(H,30,31). The van der Waals surface area contributed by atoms with Crippen molar-refractivity contribution in [3.05, 3.63) is 47.6 Å². The maximum Gasteiger partial charge on any atom is 0.311 e. The molecule has 0 fully saturated rings. The number of benzene rings is 1. The fourth-order valence-electron chi connectivity index (χ4n) is 3.87. The van der Waals surface area contributed by atoms with Crippen LogP contribution in [0.15, 0.2) is 47.6 Å². The molecular weight excluding hydrogens is 462 g/mol. The molecule has 1 aliphatic rings. The van der Waals surface area contributed by atoms with E-state index in [0.717, 1.165) is 51.4 Å². The average Bonchev–Trinajstić information content (AvgIpc) is 2.83. The molecule has 9 nitrogen and oxygen atoms in total. The first-order chi connectivity index (χ1) is 17.3. The number of hydrogen-bond donors (Lipinski definition) is 4. The van der Waals surface area contributed by atoms with Crippen molar-refractivity contribution in [2.24, 2.45) is 0 Å². The van der Waals surface area contributed by atoms with Gasteiger partial charge in [0.1, 0.15) is 11.4 Å². The normalized spacial score (nSPS) is 15.0. The number of nitrogens with one attached hydrogen (secondary N) is 3. The third kappa shape index (κ3) is 10.4. The zero-order chi connectivity index (χ0) is 26.3. The SMILES string of the molecule is COC1=CC(C)NC(C(=O)NCCCCCCCCCCC(=O)Oc2cccc(NC(C)=O)c2)=C1O. The number of methoxy groups -OCH3 is 1.